The van der Waals surface area contributed by atoms with Crippen LogP contribution in [0.15, 0.2) is 0 Å². The summed E-state index contributed by atoms with van der Waals surface area (Å²) in [5.41, 5.74) is 10.5. The maximum atomic E-state index is 12.5. The average molecular weight is 462 g/mol. The third-order valence-electron chi connectivity index (χ3n) is 4.68. The zero-order valence-corrected chi connectivity index (χ0v) is 24.8. The number of carbonyl (C=O) groups excluding carboxylic acids is 1. The summed E-state index contributed by atoms with van der Waals surface area (Å²) in [6, 6.07) is 0. The molecule has 0 aliphatic carbocycles. The molecule has 0 aliphatic rings. The van der Waals surface area contributed by atoms with Crippen LogP contribution < -0.4 is 16.8 Å². The van der Waals surface area contributed by atoms with Gasteiger partial charge in [-0.2, -0.15) is 0 Å². The minimum Gasteiger partial charge on any atom is -0.378 e. The molecule has 0 saturated heterocycles. The lowest BCUT2D eigenvalue weighted by molar-refractivity contribution is -0.124. The normalized spacial score (nSPS) is 11.9. The largest absolute Gasteiger partial charge is 0.378 e. The number of amides is 1. The maximum absolute atomic E-state index is 12.5. The van der Waals surface area contributed by atoms with Crippen LogP contribution in [0.1, 0.15) is 116 Å². The Morgan fingerprint density at radius 2 is 1.19 bits per heavy atom. The van der Waals surface area contributed by atoms with E-state index in [0.717, 1.165) is 19.4 Å². The van der Waals surface area contributed by atoms with Crippen LogP contribution in [0.2, 0.25) is 0 Å². The standard InChI is InChI=1S/C22H46N2O2.2C2H6.CH5N/c1-17(2)26-16-22(9,10)13-21(7,8)15-24-18(25)11-19(3,4)12-20(5,6)14-23;3*1-2/h17H,11-16,23H2,1-10H3,(H,24,25);2*1-2H3;2H2,1H3. The lowest BCUT2D eigenvalue weighted by Crippen LogP contribution is -2.40. The highest BCUT2D eigenvalue weighted by atomic mass is 16.5. The third-order valence-corrected chi connectivity index (χ3v) is 4.68. The van der Waals surface area contributed by atoms with Crippen LogP contribution in [-0.2, 0) is 9.53 Å². The summed E-state index contributed by atoms with van der Waals surface area (Å²) >= 11 is 0. The molecule has 0 bridgehead atoms. The predicted octanol–water partition coefficient (Wildman–Crippen LogP) is 6.39. The summed E-state index contributed by atoms with van der Waals surface area (Å²) < 4.78 is 5.80. The van der Waals surface area contributed by atoms with E-state index >= 15 is 0 Å². The van der Waals surface area contributed by atoms with E-state index in [4.69, 9.17) is 10.5 Å². The smallest absolute Gasteiger partial charge is 0.220 e. The highest BCUT2D eigenvalue weighted by Gasteiger charge is 2.32. The van der Waals surface area contributed by atoms with E-state index in [2.05, 4.69) is 80.3 Å². The Morgan fingerprint density at radius 3 is 1.56 bits per heavy atom. The van der Waals surface area contributed by atoms with Crippen molar-refractivity contribution in [1.82, 2.24) is 5.32 Å². The van der Waals surface area contributed by atoms with Crippen LogP contribution in [0, 0.1) is 21.7 Å². The molecule has 0 spiro atoms. The monoisotopic (exact) mass is 461 g/mol. The van der Waals surface area contributed by atoms with Crippen molar-refractivity contribution in [2.45, 2.75) is 122 Å². The molecule has 0 radical (unpaired) electrons. The second kappa shape index (κ2) is 18.7. The van der Waals surface area contributed by atoms with Crippen molar-refractivity contribution in [3.63, 3.8) is 0 Å². The number of nitrogens with two attached hydrogens (primary N) is 2. The van der Waals surface area contributed by atoms with Gasteiger partial charge in [0, 0.05) is 13.0 Å². The summed E-state index contributed by atoms with van der Waals surface area (Å²) in [4.78, 5) is 12.5. The van der Waals surface area contributed by atoms with Gasteiger partial charge in [-0.25, -0.2) is 0 Å². The van der Waals surface area contributed by atoms with E-state index in [1.807, 2.05) is 27.7 Å². The molecule has 5 N–H and O–H groups in total. The van der Waals surface area contributed by atoms with Crippen LogP contribution in [0.5, 0.6) is 0 Å². The van der Waals surface area contributed by atoms with Crippen molar-refractivity contribution < 1.29 is 9.53 Å². The molecule has 5 nitrogen and oxygen atoms in total. The average Bonchev–Trinajstić information content (AvgIpc) is 2.68. The SMILES string of the molecule is CC.CC.CC(C)OCC(C)(C)CC(C)(C)CNC(=O)CC(C)(C)CC(C)(C)CN.CN. The number of nitrogens with one attached hydrogen (secondary N) is 1. The van der Waals surface area contributed by atoms with Gasteiger partial charge >= 0.3 is 0 Å². The molecule has 0 aromatic carbocycles. The summed E-state index contributed by atoms with van der Waals surface area (Å²) in [5.74, 6) is 0.132. The molecule has 198 valence electrons. The van der Waals surface area contributed by atoms with Crippen molar-refractivity contribution in [1.29, 1.82) is 0 Å². The van der Waals surface area contributed by atoms with Gasteiger partial charge < -0.3 is 21.5 Å². The highest BCUT2D eigenvalue weighted by Crippen LogP contribution is 2.36. The van der Waals surface area contributed by atoms with E-state index in [0.29, 0.717) is 19.5 Å². The first-order valence-corrected chi connectivity index (χ1v) is 12.7. The van der Waals surface area contributed by atoms with Crippen molar-refractivity contribution in [3.8, 4) is 0 Å². The minimum absolute atomic E-state index is 0.0279. The number of rotatable bonds is 12. The predicted molar refractivity (Wildman–Crippen MR) is 145 cm³/mol. The number of ether oxygens (including phenoxy) is 1. The molecule has 32 heavy (non-hydrogen) atoms. The second-order valence-electron chi connectivity index (χ2n) is 11.5. The van der Waals surface area contributed by atoms with Gasteiger partial charge in [-0.3, -0.25) is 4.79 Å². The minimum atomic E-state index is -0.0541. The Hall–Kier alpha value is -0.650. The van der Waals surface area contributed by atoms with E-state index in [1.54, 1.807) is 0 Å². The first kappa shape index (κ1) is 38.6. The van der Waals surface area contributed by atoms with Gasteiger partial charge in [-0.05, 0) is 61.9 Å². The van der Waals surface area contributed by atoms with E-state index < -0.39 is 0 Å². The molecule has 0 saturated carbocycles. The number of carbonyl (C=O) groups is 1. The Morgan fingerprint density at radius 1 is 0.781 bits per heavy atom. The van der Waals surface area contributed by atoms with Gasteiger partial charge in [0.05, 0.1) is 12.7 Å². The second-order valence-corrected chi connectivity index (χ2v) is 11.5. The van der Waals surface area contributed by atoms with Crippen molar-refractivity contribution in [2.75, 3.05) is 26.7 Å². The Labute approximate surface area is 203 Å². The first-order chi connectivity index (χ1) is 14.5. The Bertz CT molecular complexity index is 442. The van der Waals surface area contributed by atoms with Crippen molar-refractivity contribution in [2.24, 2.45) is 33.1 Å². The summed E-state index contributed by atoms with van der Waals surface area (Å²) in [7, 11) is 1.50. The summed E-state index contributed by atoms with van der Waals surface area (Å²) in [5, 5.41) is 3.16. The van der Waals surface area contributed by atoms with Crippen LogP contribution >= 0.6 is 0 Å². The molecule has 0 heterocycles. The van der Waals surface area contributed by atoms with Gasteiger partial charge in [0.15, 0.2) is 0 Å². The topological polar surface area (TPSA) is 90.4 Å². The fraction of sp³-hybridized carbons (Fsp3) is 0.963. The molecule has 5 heteroatoms. The molecule has 0 unspecified atom stereocenters. The third kappa shape index (κ3) is 24.0. The Kier molecular flexibility index (Phi) is 22.6. The maximum Gasteiger partial charge on any atom is 0.220 e. The van der Waals surface area contributed by atoms with Crippen LogP contribution in [0.3, 0.4) is 0 Å². The summed E-state index contributed by atoms with van der Waals surface area (Å²) in [6.07, 6.45) is 2.72. The summed E-state index contributed by atoms with van der Waals surface area (Å²) in [6.45, 7) is 31.7. The van der Waals surface area contributed by atoms with Crippen molar-refractivity contribution >= 4 is 5.91 Å². The Balaban J connectivity index is -0.000000597. The quantitative estimate of drug-likeness (QED) is 0.314. The van der Waals surface area contributed by atoms with E-state index in [1.165, 1.54) is 7.05 Å². The molecule has 0 aliphatic heterocycles. The van der Waals surface area contributed by atoms with E-state index in [9.17, 15) is 4.79 Å². The van der Waals surface area contributed by atoms with Crippen molar-refractivity contribution in [3.05, 3.63) is 0 Å². The number of hydrogen-bond donors (Lipinski definition) is 3. The molecular weight excluding hydrogens is 398 g/mol. The fourth-order valence-electron chi connectivity index (χ4n) is 4.07. The molecule has 0 atom stereocenters. The van der Waals surface area contributed by atoms with Gasteiger partial charge in [-0.1, -0.05) is 83.1 Å². The molecule has 0 aromatic rings. The zero-order chi connectivity index (χ0) is 26.8. The van der Waals surface area contributed by atoms with Crippen LogP contribution in [0.4, 0.5) is 0 Å². The first-order valence-electron chi connectivity index (χ1n) is 12.7. The highest BCUT2D eigenvalue weighted by molar-refractivity contribution is 5.76. The number of hydrogen-bond acceptors (Lipinski definition) is 4. The molecule has 0 aromatic heterocycles. The van der Waals surface area contributed by atoms with Gasteiger partial charge in [-0.15, -0.1) is 0 Å². The molecule has 0 fully saturated rings. The van der Waals surface area contributed by atoms with Gasteiger partial charge in [0.25, 0.3) is 0 Å². The molecular formula is C27H63N3O2. The van der Waals surface area contributed by atoms with Gasteiger partial charge in [0.1, 0.15) is 0 Å². The lowest BCUT2D eigenvalue weighted by atomic mass is 9.73. The van der Waals surface area contributed by atoms with Crippen LogP contribution in [0.25, 0.3) is 0 Å². The molecule has 1 amide bonds. The zero-order valence-electron chi connectivity index (χ0n) is 24.8. The van der Waals surface area contributed by atoms with E-state index in [-0.39, 0.29) is 33.7 Å². The lowest BCUT2D eigenvalue weighted by Gasteiger charge is -2.36. The fourth-order valence-corrected chi connectivity index (χ4v) is 4.07. The van der Waals surface area contributed by atoms with Gasteiger partial charge in [0.2, 0.25) is 5.91 Å². The molecule has 0 rings (SSSR count). The van der Waals surface area contributed by atoms with Crippen LogP contribution in [-0.4, -0.2) is 38.8 Å².